The summed E-state index contributed by atoms with van der Waals surface area (Å²) in [6.07, 6.45) is 1.24. The lowest BCUT2D eigenvalue weighted by Gasteiger charge is -2.25. The molecule has 2 amide bonds. The maximum Gasteiger partial charge on any atom is 0.229 e. The number of nitrogens with one attached hydrogen (secondary N) is 1. The van der Waals surface area contributed by atoms with Gasteiger partial charge in [0.2, 0.25) is 11.8 Å². The molecule has 0 bridgehead atoms. The molecule has 1 aliphatic rings. The molecular weight excluding hydrogens is 312 g/mol. The van der Waals surface area contributed by atoms with E-state index in [2.05, 4.69) is 12.2 Å². The average molecular weight is 336 g/mol. The highest BCUT2D eigenvalue weighted by Crippen LogP contribution is 2.29. The quantitative estimate of drug-likeness (QED) is 0.903. The Bertz CT molecular complexity index is 740. The van der Waals surface area contributed by atoms with Crippen molar-refractivity contribution in [3.63, 3.8) is 0 Å². The lowest BCUT2D eigenvalue weighted by molar-refractivity contribution is -0.129. The normalized spacial score (nSPS) is 18.2. The maximum absolute atomic E-state index is 12.5. The van der Waals surface area contributed by atoms with Gasteiger partial charge in [0.05, 0.1) is 12.0 Å². The van der Waals surface area contributed by atoms with Gasteiger partial charge in [-0.2, -0.15) is 0 Å². The Morgan fingerprint density at radius 2 is 1.84 bits per heavy atom. The Kier molecular flexibility index (Phi) is 5.17. The number of benzene rings is 2. The van der Waals surface area contributed by atoms with E-state index >= 15 is 0 Å². The van der Waals surface area contributed by atoms with E-state index in [1.807, 2.05) is 61.5 Å². The van der Waals surface area contributed by atoms with Crippen molar-refractivity contribution in [3.05, 3.63) is 65.7 Å². The van der Waals surface area contributed by atoms with Gasteiger partial charge in [-0.3, -0.25) is 9.59 Å². The zero-order valence-corrected chi connectivity index (χ0v) is 14.7. The Hall–Kier alpha value is -2.62. The van der Waals surface area contributed by atoms with Gasteiger partial charge in [0.25, 0.3) is 0 Å². The van der Waals surface area contributed by atoms with Crippen LogP contribution in [0.25, 0.3) is 0 Å². The topological polar surface area (TPSA) is 49.4 Å². The minimum absolute atomic E-state index is 0.0182. The molecule has 0 spiro atoms. The van der Waals surface area contributed by atoms with Crippen molar-refractivity contribution in [1.82, 2.24) is 4.90 Å². The molecule has 25 heavy (non-hydrogen) atoms. The highest BCUT2D eigenvalue weighted by Gasteiger charge is 2.36. The molecule has 4 heteroatoms. The summed E-state index contributed by atoms with van der Waals surface area (Å²) in [6.45, 7) is 4.57. The van der Waals surface area contributed by atoms with E-state index in [0.717, 1.165) is 17.7 Å². The van der Waals surface area contributed by atoms with Crippen LogP contribution in [-0.2, 0) is 16.0 Å². The molecule has 130 valence electrons. The predicted octanol–water partition coefficient (Wildman–Crippen LogP) is 3.80. The summed E-state index contributed by atoms with van der Waals surface area (Å²) in [6, 6.07) is 17.8. The fourth-order valence-electron chi connectivity index (χ4n) is 3.26. The highest BCUT2D eigenvalue weighted by molar-refractivity contribution is 5.97. The smallest absolute Gasteiger partial charge is 0.229 e. The first kappa shape index (κ1) is 17.2. The standard InChI is InChI=1S/C21H24N2O2/c1-3-16-9-11-19(12-10-16)22-21(25)18-13-20(24)23(14-18)15(2)17-7-5-4-6-8-17/h4-12,15,18H,3,13-14H2,1-2H3,(H,22,25)/t15-,18-/m1/s1. The Morgan fingerprint density at radius 1 is 1.16 bits per heavy atom. The molecule has 1 saturated heterocycles. The SMILES string of the molecule is CCc1ccc(NC(=O)[C@@H]2CC(=O)N([C@H](C)c3ccccc3)C2)cc1. The summed E-state index contributed by atoms with van der Waals surface area (Å²) in [5.41, 5.74) is 3.10. The number of hydrogen-bond acceptors (Lipinski definition) is 2. The second-order valence-electron chi connectivity index (χ2n) is 6.57. The first-order valence-electron chi connectivity index (χ1n) is 8.82. The second kappa shape index (κ2) is 7.51. The number of carbonyl (C=O) groups is 2. The average Bonchev–Trinajstić information content (AvgIpc) is 3.04. The van der Waals surface area contributed by atoms with E-state index in [9.17, 15) is 9.59 Å². The van der Waals surface area contributed by atoms with Crippen LogP contribution in [0.3, 0.4) is 0 Å². The first-order valence-corrected chi connectivity index (χ1v) is 8.82. The minimum Gasteiger partial charge on any atom is -0.335 e. The van der Waals surface area contributed by atoms with Crippen molar-refractivity contribution >= 4 is 17.5 Å². The molecule has 1 heterocycles. The van der Waals surface area contributed by atoms with Crippen molar-refractivity contribution in [3.8, 4) is 0 Å². The lowest BCUT2D eigenvalue weighted by atomic mass is 10.1. The van der Waals surface area contributed by atoms with Crippen molar-refractivity contribution in [1.29, 1.82) is 0 Å². The molecule has 0 saturated carbocycles. The third kappa shape index (κ3) is 3.90. The molecule has 3 rings (SSSR count). The molecule has 0 aromatic heterocycles. The second-order valence-corrected chi connectivity index (χ2v) is 6.57. The predicted molar refractivity (Wildman–Crippen MR) is 99.1 cm³/mol. The summed E-state index contributed by atoms with van der Waals surface area (Å²) < 4.78 is 0. The third-order valence-corrected chi connectivity index (χ3v) is 4.91. The van der Waals surface area contributed by atoms with Crippen molar-refractivity contribution < 1.29 is 9.59 Å². The van der Waals surface area contributed by atoms with Crippen LogP contribution in [0.1, 0.15) is 37.4 Å². The summed E-state index contributed by atoms with van der Waals surface area (Å²) >= 11 is 0. The Morgan fingerprint density at radius 3 is 2.48 bits per heavy atom. The van der Waals surface area contributed by atoms with Gasteiger partial charge in [-0.1, -0.05) is 49.4 Å². The molecule has 2 aromatic rings. The zero-order valence-electron chi connectivity index (χ0n) is 14.7. The van der Waals surface area contributed by atoms with Crippen LogP contribution in [0.5, 0.6) is 0 Å². The van der Waals surface area contributed by atoms with Crippen LogP contribution < -0.4 is 5.32 Å². The number of likely N-dealkylation sites (tertiary alicyclic amines) is 1. The van der Waals surface area contributed by atoms with Crippen LogP contribution in [0, 0.1) is 5.92 Å². The van der Waals surface area contributed by atoms with Gasteiger partial charge in [-0.15, -0.1) is 0 Å². The van der Waals surface area contributed by atoms with Crippen molar-refractivity contribution in [2.45, 2.75) is 32.7 Å². The molecule has 0 aliphatic carbocycles. The fourth-order valence-corrected chi connectivity index (χ4v) is 3.26. The van der Waals surface area contributed by atoms with E-state index in [0.29, 0.717) is 6.54 Å². The van der Waals surface area contributed by atoms with Gasteiger partial charge in [0, 0.05) is 18.7 Å². The number of amides is 2. The lowest BCUT2D eigenvalue weighted by Crippen LogP contribution is -2.30. The van der Waals surface area contributed by atoms with Gasteiger partial charge in [0.1, 0.15) is 0 Å². The number of hydrogen-bond donors (Lipinski definition) is 1. The van der Waals surface area contributed by atoms with E-state index in [1.165, 1.54) is 5.56 Å². The summed E-state index contributed by atoms with van der Waals surface area (Å²) in [4.78, 5) is 26.7. The van der Waals surface area contributed by atoms with E-state index in [-0.39, 0.29) is 30.2 Å². The first-order chi connectivity index (χ1) is 12.1. The number of rotatable bonds is 5. The number of nitrogens with zero attached hydrogens (tertiary/aromatic N) is 1. The van der Waals surface area contributed by atoms with Gasteiger partial charge < -0.3 is 10.2 Å². The molecule has 1 N–H and O–H groups in total. The molecule has 4 nitrogen and oxygen atoms in total. The third-order valence-electron chi connectivity index (χ3n) is 4.91. The summed E-state index contributed by atoms with van der Waals surface area (Å²) in [7, 11) is 0. The van der Waals surface area contributed by atoms with Crippen LogP contribution >= 0.6 is 0 Å². The van der Waals surface area contributed by atoms with Crippen LogP contribution in [0.2, 0.25) is 0 Å². The van der Waals surface area contributed by atoms with Crippen molar-refractivity contribution in [2.24, 2.45) is 5.92 Å². The van der Waals surface area contributed by atoms with Gasteiger partial charge in [-0.05, 0) is 36.6 Å². The monoisotopic (exact) mass is 336 g/mol. The fraction of sp³-hybridized carbons (Fsp3) is 0.333. The minimum atomic E-state index is -0.301. The van der Waals surface area contributed by atoms with Crippen LogP contribution in [0.4, 0.5) is 5.69 Å². The maximum atomic E-state index is 12.5. The molecule has 1 fully saturated rings. The number of aryl methyl sites for hydroxylation is 1. The van der Waals surface area contributed by atoms with Crippen LogP contribution in [0.15, 0.2) is 54.6 Å². The van der Waals surface area contributed by atoms with Gasteiger partial charge in [-0.25, -0.2) is 0 Å². The molecular formula is C21H24N2O2. The number of carbonyl (C=O) groups excluding carboxylic acids is 2. The van der Waals surface area contributed by atoms with Crippen molar-refractivity contribution in [2.75, 3.05) is 11.9 Å². The highest BCUT2D eigenvalue weighted by atomic mass is 16.2. The summed E-state index contributed by atoms with van der Waals surface area (Å²) in [5.74, 6) is -0.345. The molecule has 2 aromatic carbocycles. The van der Waals surface area contributed by atoms with Crippen LogP contribution in [-0.4, -0.2) is 23.3 Å². The molecule has 1 aliphatic heterocycles. The summed E-state index contributed by atoms with van der Waals surface area (Å²) in [5, 5.41) is 2.94. The van der Waals surface area contributed by atoms with E-state index < -0.39 is 0 Å². The van der Waals surface area contributed by atoms with E-state index in [4.69, 9.17) is 0 Å². The molecule has 0 radical (unpaired) electrons. The Balaban J connectivity index is 1.64. The van der Waals surface area contributed by atoms with E-state index in [1.54, 1.807) is 4.90 Å². The van der Waals surface area contributed by atoms with Gasteiger partial charge >= 0.3 is 0 Å². The molecule has 2 atom stereocenters. The van der Waals surface area contributed by atoms with Gasteiger partial charge in [0.15, 0.2) is 0 Å². The Labute approximate surface area is 148 Å². The molecule has 0 unspecified atom stereocenters. The zero-order chi connectivity index (χ0) is 17.8. The number of anilines is 1. The largest absolute Gasteiger partial charge is 0.335 e.